The summed E-state index contributed by atoms with van der Waals surface area (Å²) in [7, 11) is 1.44. The van der Waals surface area contributed by atoms with Crippen LogP contribution in [0.1, 0.15) is 92.2 Å². The predicted molar refractivity (Wildman–Crippen MR) is 203 cm³/mol. The SMILES string of the molecule is [2H]C([2H])([2H])OCC12CCC(CCN3CCc4c(nc(C(=O)Nc5cccc(-c6cccc(NC(=O)c7nc8c(n7C)CCNC8)c6C)c5Cl)n4C)C3)(CC1)C2. The summed E-state index contributed by atoms with van der Waals surface area (Å²) in [6, 6.07) is 11.2. The van der Waals surface area contributed by atoms with E-state index in [-0.39, 0.29) is 22.6 Å². The Morgan fingerprint density at radius 2 is 1.58 bits per heavy atom. The molecule has 0 spiro atoms. The van der Waals surface area contributed by atoms with E-state index >= 15 is 0 Å². The third-order valence-electron chi connectivity index (χ3n) is 12.4. The van der Waals surface area contributed by atoms with Gasteiger partial charge in [0, 0.05) is 82.8 Å². The fraction of sp³-hybridized carbons (Fsp3) is 0.500. The van der Waals surface area contributed by atoms with E-state index in [1.54, 1.807) is 6.07 Å². The number of nitrogens with one attached hydrogen (secondary N) is 3. The van der Waals surface area contributed by atoms with E-state index in [9.17, 15) is 9.59 Å². The lowest BCUT2D eigenvalue weighted by molar-refractivity contribution is 0.0860. The average Bonchev–Trinajstić information content (AvgIpc) is 3.91. The van der Waals surface area contributed by atoms with Crippen molar-refractivity contribution < 1.29 is 18.4 Å². The summed E-state index contributed by atoms with van der Waals surface area (Å²) in [5, 5.41) is 9.77. The number of imidazole rings is 2. The number of benzene rings is 2. The molecule has 12 heteroatoms. The zero-order valence-electron chi connectivity index (χ0n) is 33.2. The molecule has 2 aromatic heterocycles. The number of ether oxygens (including phenoxy) is 1. The van der Waals surface area contributed by atoms with E-state index in [0.717, 1.165) is 110 Å². The van der Waals surface area contributed by atoms with Crippen LogP contribution >= 0.6 is 11.6 Å². The van der Waals surface area contributed by atoms with E-state index in [4.69, 9.17) is 25.4 Å². The molecule has 0 saturated heterocycles. The van der Waals surface area contributed by atoms with Gasteiger partial charge in [0.25, 0.3) is 11.8 Å². The molecule has 2 amide bonds. The number of aromatic nitrogens is 4. The van der Waals surface area contributed by atoms with Crippen LogP contribution in [0, 0.1) is 17.8 Å². The van der Waals surface area contributed by atoms with Gasteiger partial charge in [-0.05, 0) is 86.1 Å². The Hall–Kier alpha value is -4.03. The van der Waals surface area contributed by atoms with E-state index in [2.05, 4.69) is 25.8 Å². The monoisotopic (exact) mass is 727 g/mol. The van der Waals surface area contributed by atoms with Crippen LogP contribution in [-0.4, -0.2) is 69.1 Å². The zero-order chi connectivity index (χ0) is 38.7. The van der Waals surface area contributed by atoms with Crippen molar-refractivity contribution >= 4 is 34.8 Å². The molecule has 2 saturated carbocycles. The summed E-state index contributed by atoms with van der Waals surface area (Å²) in [5.41, 5.74) is 7.76. The van der Waals surface area contributed by atoms with Gasteiger partial charge in [-0.15, -0.1) is 0 Å². The van der Waals surface area contributed by atoms with Crippen LogP contribution in [0.15, 0.2) is 36.4 Å². The van der Waals surface area contributed by atoms with Crippen molar-refractivity contribution in [3.63, 3.8) is 0 Å². The minimum absolute atomic E-state index is 0.00788. The highest BCUT2D eigenvalue weighted by atomic mass is 35.5. The molecular formula is C40H49ClN8O3. The van der Waals surface area contributed by atoms with Gasteiger partial charge in [-0.25, -0.2) is 9.97 Å². The highest BCUT2D eigenvalue weighted by Gasteiger charge is 2.53. The molecule has 52 heavy (non-hydrogen) atoms. The highest BCUT2D eigenvalue weighted by Crippen LogP contribution is 2.63. The number of hydrogen-bond acceptors (Lipinski definition) is 7. The smallest absolute Gasteiger partial charge is 0.291 e. The maximum Gasteiger partial charge on any atom is 0.291 e. The number of halogens is 1. The molecule has 4 aliphatic rings. The second-order valence-corrected chi connectivity index (χ2v) is 15.9. The largest absolute Gasteiger partial charge is 0.384 e. The summed E-state index contributed by atoms with van der Waals surface area (Å²) in [6.07, 6.45) is 8.07. The Morgan fingerprint density at radius 3 is 2.31 bits per heavy atom. The van der Waals surface area contributed by atoms with Crippen LogP contribution in [0.25, 0.3) is 11.1 Å². The van der Waals surface area contributed by atoms with Crippen molar-refractivity contribution in [1.82, 2.24) is 29.3 Å². The summed E-state index contributed by atoms with van der Waals surface area (Å²) in [6.45, 7) is 6.30. The Labute approximate surface area is 314 Å². The van der Waals surface area contributed by atoms with E-state index in [1.165, 1.54) is 0 Å². The standard InChI is InChI=1S/C40H49ClN8O3/c1-25-26(7-5-9-28(25)45-37(50)35-43-30-21-42-18-11-32(30)47(35)2)27-8-6-10-29(34(27)41)46-38(51)36-44-31-22-49(19-12-33(31)48(36)3)20-17-39-13-15-40(23-39,16-14-39)24-52-4/h5-10,42H,11-24H2,1-4H3,(H,45,50)(H,46,51)/i4D3. The Morgan fingerprint density at radius 1 is 0.923 bits per heavy atom. The van der Waals surface area contributed by atoms with Crippen LogP contribution < -0.4 is 16.0 Å². The highest BCUT2D eigenvalue weighted by molar-refractivity contribution is 6.36. The number of methoxy groups -OCH3 is 1. The summed E-state index contributed by atoms with van der Waals surface area (Å²) in [5.74, 6) is 0.0971. The van der Waals surface area contributed by atoms with Gasteiger partial charge in [0.2, 0.25) is 0 Å². The molecule has 3 N–H and O–H groups in total. The quantitative estimate of drug-likeness (QED) is 0.176. The van der Waals surface area contributed by atoms with Crippen LogP contribution in [0.3, 0.4) is 0 Å². The maximum absolute atomic E-state index is 13.8. The lowest BCUT2D eigenvalue weighted by Crippen LogP contribution is -2.34. The lowest BCUT2D eigenvalue weighted by Gasteiger charge is -2.32. The second-order valence-electron chi connectivity index (χ2n) is 15.5. The first-order chi connectivity index (χ1) is 26.2. The average molecular weight is 728 g/mol. The molecule has 2 fully saturated rings. The summed E-state index contributed by atoms with van der Waals surface area (Å²) >= 11 is 7.01. The zero-order valence-corrected chi connectivity index (χ0v) is 31.0. The normalized spacial score (nSPS) is 23.4. The van der Waals surface area contributed by atoms with Gasteiger partial charge >= 0.3 is 0 Å². The van der Waals surface area contributed by atoms with Gasteiger partial charge < -0.3 is 29.8 Å². The molecule has 11 nitrogen and oxygen atoms in total. The van der Waals surface area contributed by atoms with E-state index < -0.39 is 7.04 Å². The predicted octanol–water partition coefficient (Wildman–Crippen LogP) is 6.28. The number of anilines is 2. The molecule has 4 heterocycles. The molecule has 274 valence electrons. The molecule has 2 aliphatic heterocycles. The minimum Gasteiger partial charge on any atom is -0.384 e. The van der Waals surface area contributed by atoms with Gasteiger partial charge in [0.15, 0.2) is 11.6 Å². The van der Waals surface area contributed by atoms with Gasteiger partial charge in [0.1, 0.15) is 0 Å². The number of amides is 2. The van der Waals surface area contributed by atoms with Crippen LogP contribution in [0.5, 0.6) is 0 Å². The summed E-state index contributed by atoms with van der Waals surface area (Å²) in [4.78, 5) is 39.1. The molecule has 2 aliphatic carbocycles. The number of carbonyl (C=O) groups is 2. The molecule has 8 rings (SSSR count). The molecule has 4 aromatic rings. The summed E-state index contributed by atoms with van der Waals surface area (Å²) < 4.78 is 31.5. The van der Waals surface area contributed by atoms with Gasteiger partial charge in [-0.2, -0.15) is 0 Å². The van der Waals surface area contributed by atoms with Gasteiger partial charge in [-0.1, -0.05) is 35.9 Å². The number of hydrogen-bond donors (Lipinski definition) is 3. The third kappa shape index (κ3) is 6.25. The molecule has 2 aromatic carbocycles. The van der Waals surface area contributed by atoms with E-state index in [1.807, 2.05) is 60.5 Å². The van der Waals surface area contributed by atoms with Crippen molar-refractivity contribution in [2.75, 3.05) is 43.9 Å². The first-order valence-corrected chi connectivity index (χ1v) is 18.8. The first-order valence-electron chi connectivity index (χ1n) is 19.9. The third-order valence-corrected chi connectivity index (χ3v) is 12.9. The number of carbonyl (C=O) groups excluding carboxylic acids is 2. The Balaban J connectivity index is 0.923. The number of nitrogens with zero attached hydrogens (tertiary/aromatic N) is 5. The molecule has 0 unspecified atom stereocenters. The lowest BCUT2D eigenvalue weighted by atomic mass is 9.80. The van der Waals surface area contributed by atoms with Crippen molar-refractivity contribution in [2.45, 2.75) is 71.4 Å². The fourth-order valence-corrected chi connectivity index (χ4v) is 9.71. The Kier molecular flexibility index (Phi) is 8.33. The van der Waals surface area contributed by atoms with Crippen molar-refractivity contribution in [1.29, 1.82) is 0 Å². The molecule has 0 radical (unpaired) electrons. The number of fused-ring (bicyclic) bond motifs is 4. The van der Waals surface area contributed by atoms with Crippen molar-refractivity contribution in [2.24, 2.45) is 24.9 Å². The van der Waals surface area contributed by atoms with Crippen molar-refractivity contribution in [3.8, 4) is 11.1 Å². The van der Waals surface area contributed by atoms with Crippen LogP contribution in [0.2, 0.25) is 5.02 Å². The van der Waals surface area contributed by atoms with Crippen LogP contribution in [0.4, 0.5) is 11.4 Å². The first kappa shape index (κ1) is 31.5. The topological polar surface area (TPSA) is 118 Å². The molecule has 0 atom stereocenters. The Bertz CT molecular complexity index is 2150. The van der Waals surface area contributed by atoms with Crippen molar-refractivity contribution in [3.05, 3.63) is 81.4 Å². The maximum atomic E-state index is 13.8. The van der Waals surface area contributed by atoms with Crippen LogP contribution in [-0.2, 0) is 44.8 Å². The molecule has 2 bridgehead atoms. The van der Waals surface area contributed by atoms with Gasteiger partial charge in [0.05, 0.1) is 32.8 Å². The van der Waals surface area contributed by atoms with E-state index in [0.29, 0.717) is 47.7 Å². The second kappa shape index (κ2) is 13.7. The van der Waals surface area contributed by atoms with Gasteiger partial charge in [-0.3, -0.25) is 14.5 Å². The minimum atomic E-state index is -2.34. The fourth-order valence-electron chi connectivity index (χ4n) is 9.43. The molecular weight excluding hydrogens is 676 g/mol. The number of rotatable bonds is 10.